The van der Waals surface area contributed by atoms with Crippen molar-refractivity contribution in [1.82, 2.24) is 0 Å². The number of benzene rings is 2. The van der Waals surface area contributed by atoms with Crippen molar-refractivity contribution in [2.75, 3.05) is 25.0 Å². The minimum Gasteiger partial charge on any atom is -0.497 e. The van der Waals surface area contributed by atoms with E-state index in [0.717, 1.165) is 12.8 Å². The highest BCUT2D eigenvalue weighted by molar-refractivity contribution is 7.92. The second kappa shape index (κ2) is 8.41. The number of anilines is 1. The average Bonchev–Trinajstić information content (AvgIpc) is 3.20. The third kappa shape index (κ3) is 4.99. The molecule has 0 bridgehead atoms. The van der Waals surface area contributed by atoms with E-state index in [0.29, 0.717) is 18.0 Å². The van der Waals surface area contributed by atoms with Gasteiger partial charge in [0.15, 0.2) is 0 Å². The van der Waals surface area contributed by atoms with E-state index in [2.05, 4.69) is 4.72 Å². The number of ether oxygens (including phenoxy) is 3. The van der Waals surface area contributed by atoms with E-state index >= 15 is 0 Å². The average molecular weight is 391 g/mol. The van der Waals surface area contributed by atoms with Crippen molar-refractivity contribution < 1.29 is 27.4 Å². The molecule has 0 amide bonds. The molecule has 2 aromatic rings. The molecular formula is C19H21NO6S. The summed E-state index contributed by atoms with van der Waals surface area (Å²) in [6.07, 6.45) is 1.72. The molecule has 1 heterocycles. The molecule has 0 radical (unpaired) electrons. The first-order chi connectivity index (χ1) is 13.0. The molecule has 0 aromatic heterocycles. The van der Waals surface area contributed by atoms with Gasteiger partial charge in [0.05, 0.1) is 23.7 Å². The van der Waals surface area contributed by atoms with Crippen molar-refractivity contribution in [2.45, 2.75) is 23.8 Å². The largest absolute Gasteiger partial charge is 0.497 e. The van der Waals surface area contributed by atoms with Crippen LogP contribution in [0.5, 0.6) is 5.75 Å². The second-order valence-electron chi connectivity index (χ2n) is 6.10. The number of carbonyl (C=O) groups is 1. The minimum absolute atomic E-state index is 0.0233. The Morgan fingerprint density at radius 2 is 2.00 bits per heavy atom. The Balaban J connectivity index is 1.69. The van der Waals surface area contributed by atoms with Gasteiger partial charge in [-0.15, -0.1) is 0 Å². The number of hydrogen-bond donors (Lipinski definition) is 1. The molecule has 7 nitrogen and oxygen atoms in total. The number of esters is 1. The minimum atomic E-state index is -3.84. The van der Waals surface area contributed by atoms with E-state index in [4.69, 9.17) is 14.2 Å². The third-order valence-corrected chi connectivity index (χ3v) is 5.53. The smallest absolute Gasteiger partial charge is 0.338 e. The van der Waals surface area contributed by atoms with Crippen LogP contribution in [0, 0.1) is 0 Å². The quantitative estimate of drug-likeness (QED) is 0.730. The SMILES string of the molecule is COc1ccc(NS(=O)(=O)c2cccc(C(=O)OCC3CCCO3)c2)cc1. The van der Waals surface area contributed by atoms with E-state index in [9.17, 15) is 13.2 Å². The highest BCUT2D eigenvalue weighted by atomic mass is 32.2. The van der Waals surface area contributed by atoms with Crippen LogP contribution in [0.4, 0.5) is 5.69 Å². The summed E-state index contributed by atoms with van der Waals surface area (Å²) in [7, 11) is -2.31. The highest BCUT2D eigenvalue weighted by Crippen LogP contribution is 2.20. The number of hydrogen-bond acceptors (Lipinski definition) is 6. The van der Waals surface area contributed by atoms with Crippen LogP contribution < -0.4 is 9.46 Å². The Morgan fingerprint density at radius 1 is 1.22 bits per heavy atom. The van der Waals surface area contributed by atoms with Gasteiger partial charge in [0.25, 0.3) is 10.0 Å². The van der Waals surface area contributed by atoms with E-state index in [-0.39, 0.29) is 23.2 Å². The molecule has 3 rings (SSSR count). The fourth-order valence-electron chi connectivity index (χ4n) is 2.69. The van der Waals surface area contributed by atoms with Gasteiger partial charge in [0, 0.05) is 12.3 Å². The van der Waals surface area contributed by atoms with Crippen molar-refractivity contribution in [1.29, 1.82) is 0 Å². The molecule has 1 aliphatic heterocycles. The summed E-state index contributed by atoms with van der Waals surface area (Å²) < 4.78 is 43.3. The van der Waals surface area contributed by atoms with Gasteiger partial charge in [-0.25, -0.2) is 13.2 Å². The maximum absolute atomic E-state index is 12.6. The molecule has 144 valence electrons. The van der Waals surface area contributed by atoms with Crippen LogP contribution in [-0.2, 0) is 19.5 Å². The lowest BCUT2D eigenvalue weighted by molar-refractivity contribution is 0.0161. The van der Waals surface area contributed by atoms with Crippen LogP contribution in [0.3, 0.4) is 0 Å². The van der Waals surface area contributed by atoms with Gasteiger partial charge in [0.2, 0.25) is 0 Å². The maximum atomic E-state index is 12.6. The fraction of sp³-hybridized carbons (Fsp3) is 0.316. The number of rotatable bonds is 7. The summed E-state index contributed by atoms with van der Waals surface area (Å²) in [5.74, 6) is 0.0425. The predicted molar refractivity (Wildman–Crippen MR) is 99.5 cm³/mol. The maximum Gasteiger partial charge on any atom is 0.338 e. The second-order valence-corrected chi connectivity index (χ2v) is 7.78. The van der Waals surface area contributed by atoms with Gasteiger partial charge in [-0.2, -0.15) is 0 Å². The Hall–Kier alpha value is -2.58. The molecular weight excluding hydrogens is 370 g/mol. The van der Waals surface area contributed by atoms with E-state index in [1.807, 2.05) is 0 Å². The van der Waals surface area contributed by atoms with Crippen molar-refractivity contribution >= 4 is 21.7 Å². The molecule has 1 unspecified atom stereocenters. The van der Waals surface area contributed by atoms with Gasteiger partial charge < -0.3 is 14.2 Å². The Labute approximate surface area is 158 Å². The molecule has 0 saturated carbocycles. The summed E-state index contributed by atoms with van der Waals surface area (Å²) in [6.45, 7) is 0.840. The molecule has 8 heteroatoms. The van der Waals surface area contributed by atoms with Crippen molar-refractivity contribution in [3.63, 3.8) is 0 Å². The number of methoxy groups -OCH3 is 1. The lowest BCUT2D eigenvalue weighted by Gasteiger charge is -2.12. The van der Waals surface area contributed by atoms with Gasteiger partial charge in [-0.05, 0) is 55.3 Å². The van der Waals surface area contributed by atoms with Crippen molar-refractivity contribution in [2.24, 2.45) is 0 Å². The number of nitrogens with one attached hydrogen (secondary N) is 1. The molecule has 0 aliphatic carbocycles. The normalized spacial score (nSPS) is 16.7. The number of carbonyl (C=O) groups excluding carboxylic acids is 1. The molecule has 1 aliphatic rings. The van der Waals surface area contributed by atoms with E-state index < -0.39 is 16.0 Å². The van der Waals surface area contributed by atoms with Gasteiger partial charge in [-0.3, -0.25) is 4.72 Å². The zero-order valence-electron chi connectivity index (χ0n) is 14.9. The van der Waals surface area contributed by atoms with Gasteiger partial charge in [-0.1, -0.05) is 6.07 Å². The van der Waals surface area contributed by atoms with Crippen LogP contribution in [0.25, 0.3) is 0 Å². The molecule has 0 spiro atoms. The van der Waals surface area contributed by atoms with Gasteiger partial charge >= 0.3 is 5.97 Å². The van der Waals surface area contributed by atoms with Crippen molar-refractivity contribution in [3.8, 4) is 5.75 Å². The predicted octanol–water partition coefficient (Wildman–Crippen LogP) is 2.83. The fourth-order valence-corrected chi connectivity index (χ4v) is 3.80. The summed E-state index contributed by atoms with van der Waals surface area (Å²) in [6, 6.07) is 12.2. The summed E-state index contributed by atoms with van der Waals surface area (Å²) in [5, 5.41) is 0. The number of sulfonamides is 1. The lowest BCUT2D eigenvalue weighted by Crippen LogP contribution is -2.18. The highest BCUT2D eigenvalue weighted by Gasteiger charge is 2.20. The monoisotopic (exact) mass is 391 g/mol. The third-order valence-electron chi connectivity index (χ3n) is 4.15. The molecule has 1 saturated heterocycles. The first kappa shape index (κ1) is 19.2. The summed E-state index contributed by atoms with van der Waals surface area (Å²) in [5.41, 5.74) is 0.563. The summed E-state index contributed by atoms with van der Waals surface area (Å²) in [4.78, 5) is 12.2. The zero-order chi connectivity index (χ0) is 19.3. The lowest BCUT2D eigenvalue weighted by atomic mass is 10.2. The topological polar surface area (TPSA) is 90.9 Å². The van der Waals surface area contributed by atoms with Gasteiger partial charge in [0.1, 0.15) is 12.4 Å². The Morgan fingerprint density at radius 3 is 2.67 bits per heavy atom. The van der Waals surface area contributed by atoms with Crippen LogP contribution in [0.2, 0.25) is 0 Å². The molecule has 1 N–H and O–H groups in total. The standard InChI is InChI=1S/C19H21NO6S/c1-24-16-9-7-15(8-10-16)20-27(22,23)18-6-2-4-14(12-18)19(21)26-13-17-5-3-11-25-17/h2,4,6-10,12,17,20H,3,5,11,13H2,1H3. The van der Waals surface area contributed by atoms with Crippen LogP contribution in [-0.4, -0.2) is 40.8 Å². The van der Waals surface area contributed by atoms with E-state index in [1.165, 1.54) is 31.4 Å². The summed E-state index contributed by atoms with van der Waals surface area (Å²) >= 11 is 0. The molecule has 27 heavy (non-hydrogen) atoms. The molecule has 2 aromatic carbocycles. The zero-order valence-corrected chi connectivity index (χ0v) is 15.7. The van der Waals surface area contributed by atoms with Crippen molar-refractivity contribution in [3.05, 3.63) is 54.1 Å². The first-order valence-corrected chi connectivity index (χ1v) is 10.0. The Kier molecular flexibility index (Phi) is 5.98. The van der Waals surface area contributed by atoms with Crippen LogP contribution >= 0.6 is 0 Å². The van der Waals surface area contributed by atoms with Crippen LogP contribution in [0.15, 0.2) is 53.4 Å². The van der Waals surface area contributed by atoms with Crippen LogP contribution in [0.1, 0.15) is 23.2 Å². The Bertz CT molecular complexity index is 889. The molecule has 1 fully saturated rings. The molecule has 1 atom stereocenters. The van der Waals surface area contributed by atoms with E-state index in [1.54, 1.807) is 24.3 Å². The first-order valence-electron chi connectivity index (χ1n) is 8.53.